The van der Waals surface area contributed by atoms with E-state index >= 15 is 0 Å². The summed E-state index contributed by atoms with van der Waals surface area (Å²) in [4.78, 5) is 24.4. The quantitative estimate of drug-likeness (QED) is 0.388. The number of anilines is 3. The van der Waals surface area contributed by atoms with Crippen molar-refractivity contribution in [2.24, 2.45) is 0 Å². The normalized spacial score (nSPS) is 15.4. The average Bonchev–Trinajstić information content (AvgIpc) is 3.25. The summed E-state index contributed by atoms with van der Waals surface area (Å²) in [6, 6.07) is 4.15. The first-order chi connectivity index (χ1) is 17.5. The first-order valence-corrected chi connectivity index (χ1v) is 11.0. The lowest BCUT2D eigenvalue weighted by molar-refractivity contribution is -0.142. The fraction of sp³-hybridized carbons (Fsp3) is 0.217. The summed E-state index contributed by atoms with van der Waals surface area (Å²) < 4.78 is 50.6. The van der Waals surface area contributed by atoms with Gasteiger partial charge in [-0.05, 0) is 31.2 Å². The van der Waals surface area contributed by atoms with Gasteiger partial charge >= 0.3 is 12.1 Å². The zero-order valence-corrected chi connectivity index (χ0v) is 20.3. The van der Waals surface area contributed by atoms with Crippen molar-refractivity contribution in [2.45, 2.75) is 19.1 Å². The molecule has 1 aliphatic heterocycles. The minimum Gasteiger partial charge on any atom is -0.497 e. The second kappa shape index (κ2) is 10.1. The fourth-order valence-electron chi connectivity index (χ4n) is 3.59. The summed E-state index contributed by atoms with van der Waals surface area (Å²) in [7, 11) is 2.74. The van der Waals surface area contributed by atoms with Gasteiger partial charge in [-0.25, -0.2) is 20.2 Å². The summed E-state index contributed by atoms with van der Waals surface area (Å²) in [6.07, 6.45) is -0.883. The van der Waals surface area contributed by atoms with Gasteiger partial charge in [0.2, 0.25) is 11.8 Å². The number of alkyl halides is 3. The smallest absolute Gasteiger partial charge is 0.409 e. The molecule has 10 nitrogen and oxygen atoms in total. The molecule has 1 aromatic carbocycles. The molecular formula is C23H20ClF3N6O4. The number of hydrazine groups is 1. The van der Waals surface area contributed by atoms with E-state index in [-0.39, 0.29) is 40.0 Å². The van der Waals surface area contributed by atoms with Gasteiger partial charge in [0.15, 0.2) is 5.82 Å². The molecule has 3 aromatic rings. The molecule has 0 spiro atoms. The van der Waals surface area contributed by atoms with Crippen molar-refractivity contribution in [3.63, 3.8) is 0 Å². The monoisotopic (exact) mass is 536 g/mol. The molecule has 0 fully saturated rings. The lowest BCUT2D eigenvalue weighted by Crippen LogP contribution is -2.45. The van der Waals surface area contributed by atoms with Crippen molar-refractivity contribution in [1.82, 2.24) is 20.4 Å². The molecule has 1 atom stereocenters. The van der Waals surface area contributed by atoms with Crippen LogP contribution in [0.15, 0.2) is 48.4 Å². The molecule has 0 saturated carbocycles. The van der Waals surface area contributed by atoms with Crippen LogP contribution in [0.4, 0.5) is 30.6 Å². The zero-order valence-electron chi connectivity index (χ0n) is 19.6. The highest BCUT2D eigenvalue weighted by molar-refractivity contribution is 6.31. The van der Waals surface area contributed by atoms with E-state index in [9.17, 15) is 23.1 Å². The molecule has 0 amide bonds. The molecule has 1 unspecified atom stereocenters. The Balaban J connectivity index is 1.82. The Morgan fingerprint density at radius 3 is 2.54 bits per heavy atom. The molecule has 14 heteroatoms. The number of benzene rings is 1. The Hall–Kier alpha value is -4.10. The van der Waals surface area contributed by atoms with Gasteiger partial charge in [-0.15, -0.1) is 0 Å². The van der Waals surface area contributed by atoms with Gasteiger partial charge < -0.3 is 19.9 Å². The minimum atomic E-state index is -4.56. The number of carboxylic acid groups (broad SMARTS) is 1. The molecule has 37 heavy (non-hydrogen) atoms. The Morgan fingerprint density at radius 2 is 1.92 bits per heavy atom. The van der Waals surface area contributed by atoms with E-state index in [2.05, 4.69) is 25.7 Å². The number of carboxylic acids is 1. The van der Waals surface area contributed by atoms with Crippen molar-refractivity contribution in [3.05, 3.63) is 59.0 Å². The average molecular weight is 537 g/mol. The highest BCUT2D eigenvalue weighted by atomic mass is 35.5. The number of nitrogens with one attached hydrogen (secondary N) is 2. The van der Waals surface area contributed by atoms with Gasteiger partial charge in [-0.1, -0.05) is 11.6 Å². The summed E-state index contributed by atoms with van der Waals surface area (Å²) in [6.45, 7) is 1.48. The zero-order chi connectivity index (χ0) is 26.9. The molecule has 2 aromatic heterocycles. The molecule has 3 N–H and O–H groups in total. The second-order valence-electron chi connectivity index (χ2n) is 7.81. The lowest BCUT2D eigenvalue weighted by Gasteiger charge is -2.25. The third kappa shape index (κ3) is 5.52. The fourth-order valence-corrected chi connectivity index (χ4v) is 3.82. The van der Waals surface area contributed by atoms with E-state index < -0.39 is 18.2 Å². The van der Waals surface area contributed by atoms with Gasteiger partial charge in [0.05, 0.1) is 14.2 Å². The number of aromatic carboxylic acids is 1. The molecule has 0 bridgehead atoms. The third-order valence-electron chi connectivity index (χ3n) is 5.31. The van der Waals surface area contributed by atoms with Gasteiger partial charge in [-0.2, -0.15) is 18.2 Å². The minimum absolute atomic E-state index is 0.0234. The van der Waals surface area contributed by atoms with E-state index in [4.69, 9.17) is 21.1 Å². The first kappa shape index (κ1) is 26.0. The molecule has 3 heterocycles. The number of methoxy groups -OCH3 is 2. The number of halogens is 4. The Kier molecular flexibility index (Phi) is 7.09. The van der Waals surface area contributed by atoms with Crippen LogP contribution in [-0.2, 0) is 0 Å². The van der Waals surface area contributed by atoms with Gasteiger partial charge in [0.25, 0.3) is 0 Å². The number of allylic oxidation sites excluding steroid dienone is 1. The SMILES string of the molecule is COc1cc(Cl)cc(Nc2ncc(-c3cnc(OC)c(C(=O)O)c3)c(N3NC(C(F)(F)F)C=C3C)n2)c1. The molecule has 0 saturated heterocycles. The van der Waals surface area contributed by atoms with Crippen LogP contribution in [0, 0.1) is 0 Å². The number of aromatic nitrogens is 3. The third-order valence-corrected chi connectivity index (χ3v) is 5.53. The maximum absolute atomic E-state index is 13.5. The lowest BCUT2D eigenvalue weighted by atomic mass is 10.1. The largest absolute Gasteiger partial charge is 0.497 e. The summed E-state index contributed by atoms with van der Waals surface area (Å²) in [5.74, 6) is -0.900. The number of pyridine rings is 1. The number of carbonyl (C=O) groups is 1. The molecule has 4 rings (SSSR count). The van der Waals surface area contributed by atoms with Crippen LogP contribution >= 0.6 is 11.6 Å². The van der Waals surface area contributed by atoms with E-state index in [1.54, 1.807) is 18.2 Å². The van der Waals surface area contributed by atoms with Crippen molar-refractivity contribution in [2.75, 3.05) is 24.5 Å². The Bertz CT molecular complexity index is 1390. The maximum Gasteiger partial charge on any atom is 0.409 e. The van der Waals surface area contributed by atoms with Gasteiger partial charge in [0, 0.05) is 46.0 Å². The second-order valence-corrected chi connectivity index (χ2v) is 8.25. The van der Waals surface area contributed by atoms with Crippen LogP contribution in [-0.4, -0.2) is 52.5 Å². The number of hydrogen-bond acceptors (Lipinski definition) is 9. The van der Waals surface area contributed by atoms with Gasteiger partial charge in [0.1, 0.15) is 17.4 Å². The van der Waals surface area contributed by atoms with Crippen molar-refractivity contribution < 1.29 is 32.5 Å². The van der Waals surface area contributed by atoms with Crippen molar-refractivity contribution in [3.8, 4) is 22.8 Å². The van der Waals surface area contributed by atoms with E-state index in [0.29, 0.717) is 16.5 Å². The van der Waals surface area contributed by atoms with Crippen molar-refractivity contribution >= 4 is 35.0 Å². The van der Waals surface area contributed by atoms with Crippen molar-refractivity contribution in [1.29, 1.82) is 0 Å². The number of nitrogens with zero attached hydrogens (tertiary/aromatic N) is 4. The molecule has 194 valence electrons. The van der Waals surface area contributed by atoms with E-state index in [0.717, 1.165) is 11.1 Å². The molecule has 1 aliphatic rings. The molecule has 0 radical (unpaired) electrons. The first-order valence-electron chi connectivity index (χ1n) is 10.6. The predicted octanol–water partition coefficient (Wildman–Crippen LogP) is 4.81. The number of ether oxygens (including phenoxy) is 2. The van der Waals surface area contributed by atoms with Crippen LogP contribution in [0.2, 0.25) is 5.02 Å². The topological polar surface area (TPSA) is 122 Å². The maximum atomic E-state index is 13.5. The Labute approximate surface area is 213 Å². The standard InChI is InChI=1S/C23H20ClF3N6O4/c1-11-4-18(23(25,26)27)32-33(11)19-17(12-5-16(21(34)35)20(37-3)28-9-12)10-29-22(31-19)30-14-6-13(24)7-15(8-14)36-2/h4-10,18,32H,1-3H3,(H,34,35)(H,29,30,31). The van der Waals surface area contributed by atoms with E-state index in [1.807, 2.05) is 0 Å². The Morgan fingerprint density at radius 1 is 1.16 bits per heavy atom. The van der Waals surface area contributed by atoms with Crippen LogP contribution in [0.25, 0.3) is 11.1 Å². The number of rotatable bonds is 7. The predicted molar refractivity (Wildman–Crippen MR) is 129 cm³/mol. The molecule has 0 aliphatic carbocycles. The highest BCUT2D eigenvalue weighted by Crippen LogP contribution is 2.36. The summed E-state index contributed by atoms with van der Waals surface area (Å²) in [5, 5.41) is 14.0. The highest BCUT2D eigenvalue weighted by Gasteiger charge is 2.43. The van der Waals surface area contributed by atoms with Crippen LogP contribution < -0.4 is 25.2 Å². The van der Waals surface area contributed by atoms with E-state index in [1.165, 1.54) is 39.6 Å². The molecular weight excluding hydrogens is 517 g/mol. The number of hydrogen-bond donors (Lipinski definition) is 3. The summed E-state index contributed by atoms with van der Waals surface area (Å²) in [5.41, 5.74) is 3.29. The van der Waals surface area contributed by atoms with Crippen LogP contribution in [0.1, 0.15) is 17.3 Å². The summed E-state index contributed by atoms with van der Waals surface area (Å²) >= 11 is 6.12. The van der Waals surface area contributed by atoms with Crippen LogP contribution in [0.3, 0.4) is 0 Å². The van der Waals surface area contributed by atoms with Gasteiger partial charge in [-0.3, -0.25) is 5.01 Å². The van der Waals surface area contributed by atoms with Crippen LogP contribution in [0.5, 0.6) is 11.6 Å².